The molecule has 0 aliphatic rings. The molecule has 1 rings (SSSR count). The molecule has 0 saturated heterocycles. The number of sulfone groups is 1. The Balaban J connectivity index is 2.74. The van der Waals surface area contributed by atoms with E-state index < -0.39 is 15.7 Å². The molecule has 0 saturated carbocycles. The van der Waals surface area contributed by atoms with Crippen molar-refractivity contribution in [2.75, 3.05) is 31.3 Å². The number of aromatic nitrogens is 2. The molecule has 0 aliphatic heterocycles. The number of hydrogen-bond donors (Lipinski definition) is 2. The summed E-state index contributed by atoms with van der Waals surface area (Å²) in [5, 5.41) is 6.39. The average molecular weight is 260 g/mol. The van der Waals surface area contributed by atoms with Crippen molar-refractivity contribution in [2.24, 2.45) is 0 Å². The second-order valence-corrected chi connectivity index (χ2v) is 6.23. The molecule has 96 valence electrons. The van der Waals surface area contributed by atoms with Crippen molar-refractivity contribution in [3.63, 3.8) is 0 Å². The van der Waals surface area contributed by atoms with Crippen LogP contribution in [0.25, 0.3) is 0 Å². The molecule has 0 bridgehead atoms. The SMILES string of the molecule is Cc1[nH]nc(C(=O)N(C)CCS(C)(=O)=O)c1N. The smallest absolute Gasteiger partial charge is 0.276 e. The normalized spacial score (nSPS) is 11.5. The van der Waals surface area contributed by atoms with Gasteiger partial charge in [-0.1, -0.05) is 0 Å². The number of aromatic amines is 1. The molecule has 8 heteroatoms. The first-order chi connectivity index (χ1) is 7.72. The first kappa shape index (κ1) is 13.5. The Bertz CT molecular complexity index is 520. The number of rotatable bonds is 4. The topological polar surface area (TPSA) is 109 Å². The molecule has 0 aliphatic carbocycles. The summed E-state index contributed by atoms with van der Waals surface area (Å²) in [5.74, 6) is -0.478. The van der Waals surface area contributed by atoms with Crippen LogP contribution in [0.1, 0.15) is 16.2 Å². The van der Waals surface area contributed by atoms with E-state index in [9.17, 15) is 13.2 Å². The molecule has 0 fully saturated rings. The minimum atomic E-state index is -3.09. The molecule has 1 amide bonds. The molecule has 0 radical (unpaired) electrons. The summed E-state index contributed by atoms with van der Waals surface area (Å²) in [5.41, 5.74) is 6.70. The van der Waals surface area contributed by atoms with Gasteiger partial charge >= 0.3 is 0 Å². The van der Waals surface area contributed by atoms with Crippen LogP contribution in [0.5, 0.6) is 0 Å². The summed E-state index contributed by atoms with van der Waals surface area (Å²) in [6.07, 6.45) is 1.12. The second kappa shape index (κ2) is 4.74. The van der Waals surface area contributed by atoms with Crippen LogP contribution in [0.15, 0.2) is 0 Å². The highest BCUT2D eigenvalue weighted by molar-refractivity contribution is 7.90. The van der Waals surface area contributed by atoms with E-state index >= 15 is 0 Å². The molecule has 0 unspecified atom stereocenters. The third-order valence-corrected chi connectivity index (χ3v) is 3.27. The summed E-state index contributed by atoms with van der Waals surface area (Å²) >= 11 is 0. The highest BCUT2D eigenvalue weighted by atomic mass is 32.2. The maximum Gasteiger partial charge on any atom is 0.276 e. The molecule has 1 heterocycles. The summed E-state index contributed by atoms with van der Waals surface area (Å²) < 4.78 is 22.0. The van der Waals surface area contributed by atoms with Crippen LogP contribution in [0.3, 0.4) is 0 Å². The number of amides is 1. The van der Waals surface area contributed by atoms with Gasteiger partial charge in [-0.2, -0.15) is 5.10 Å². The second-order valence-electron chi connectivity index (χ2n) is 3.97. The van der Waals surface area contributed by atoms with Gasteiger partial charge in [0.2, 0.25) is 0 Å². The van der Waals surface area contributed by atoms with Crippen molar-refractivity contribution in [3.05, 3.63) is 11.4 Å². The summed E-state index contributed by atoms with van der Waals surface area (Å²) in [6, 6.07) is 0. The van der Waals surface area contributed by atoms with Crippen LogP contribution in [-0.2, 0) is 9.84 Å². The number of nitrogens with one attached hydrogen (secondary N) is 1. The summed E-state index contributed by atoms with van der Waals surface area (Å²) in [4.78, 5) is 13.1. The van der Waals surface area contributed by atoms with Crippen LogP contribution < -0.4 is 5.73 Å². The minimum Gasteiger partial charge on any atom is -0.395 e. The molecular formula is C9H16N4O3S. The first-order valence-corrected chi connectivity index (χ1v) is 7.02. The number of aryl methyl sites for hydroxylation is 1. The highest BCUT2D eigenvalue weighted by Crippen LogP contribution is 2.14. The lowest BCUT2D eigenvalue weighted by molar-refractivity contribution is 0.0798. The summed E-state index contributed by atoms with van der Waals surface area (Å²) in [6.45, 7) is 1.82. The lowest BCUT2D eigenvalue weighted by Crippen LogP contribution is -2.32. The zero-order valence-corrected chi connectivity index (χ0v) is 10.8. The highest BCUT2D eigenvalue weighted by Gasteiger charge is 2.19. The van der Waals surface area contributed by atoms with Crippen molar-refractivity contribution in [2.45, 2.75) is 6.92 Å². The van der Waals surface area contributed by atoms with E-state index in [4.69, 9.17) is 5.73 Å². The molecular weight excluding hydrogens is 244 g/mol. The van der Waals surface area contributed by atoms with Crippen molar-refractivity contribution in [3.8, 4) is 0 Å². The fourth-order valence-corrected chi connectivity index (χ4v) is 1.79. The van der Waals surface area contributed by atoms with E-state index in [1.54, 1.807) is 6.92 Å². The van der Waals surface area contributed by atoms with Crippen molar-refractivity contribution in [1.29, 1.82) is 0 Å². The van der Waals surface area contributed by atoms with E-state index in [1.165, 1.54) is 11.9 Å². The van der Waals surface area contributed by atoms with E-state index in [0.29, 0.717) is 11.4 Å². The summed E-state index contributed by atoms with van der Waals surface area (Å²) in [7, 11) is -1.58. The molecule has 17 heavy (non-hydrogen) atoms. The molecule has 0 aromatic carbocycles. The number of H-pyrrole nitrogens is 1. The fraction of sp³-hybridized carbons (Fsp3) is 0.556. The predicted octanol–water partition coefficient (Wildman–Crippen LogP) is -0.583. The number of hydrogen-bond acceptors (Lipinski definition) is 5. The van der Waals surface area contributed by atoms with Gasteiger partial charge in [-0.15, -0.1) is 0 Å². The number of anilines is 1. The predicted molar refractivity (Wildman–Crippen MR) is 64.4 cm³/mol. The Morgan fingerprint density at radius 2 is 2.12 bits per heavy atom. The van der Waals surface area contributed by atoms with Gasteiger partial charge < -0.3 is 10.6 Å². The maximum atomic E-state index is 11.9. The number of carbonyl (C=O) groups is 1. The zero-order valence-electron chi connectivity index (χ0n) is 10.0. The van der Waals surface area contributed by atoms with Crippen molar-refractivity contribution in [1.82, 2.24) is 15.1 Å². The fourth-order valence-electron chi connectivity index (χ4n) is 1.19. The van der Waals surface area contributed by atoms with Gasteiger partial charge in [0.25, 0.3) is 5.91 Å². The Morgan fingerprint density at radius 3 is 2.53 bits per heavy atom. The van der Waals surface area contributed by atoms with Crippen LogP contribution in [0, 0.1) is 6.92 Å². The Hall–Kier alpha value is -1.57. The van der Waals surface area contributed by atoms with Crippen LogP contribution in [0.4, 0.5) is 5.69 Å². The van der Waals surface area contributed by atoms with Gasteiger partial charge in [-0.25, -0.2) is 8.42 Å². The maximum absolute atomic E-state index is 11.9. The lowest BCUT2D eigenvalue weighted by Gasteiger charge is -2.15. The van der Waals surface area contributed by atoms with Gasteiger partial charge in [0, 0.05) is 19.8 Å². The van der Waals surface area contributed by atoms with E-state index in [2.05, 4.69) is 10.2 Å². The molecule has 3 N–H and O–H groups in total. The van der Waals surface area contributed by atoms with Gasteiger partial charge in [-0.3, -0.25) is 9.89 Å². The largest absolute Gasteiger partial charge is 0.395 e. The third-order valence-electron chi connectivity index (χ3n) is 2.34. The number of nitrogen functional groups attached to an aromatic ring is 1. The van der Waals surface area contributed by atoms with Crippen LogP contribution in [-0.4, -0.2) is 55.0 Å². The van der Waals surface area contributed by atoms with E-state index in [1.807, 2.05) is 0 Å². The van der Waals surface area contributed by atoms with Crippen LogP contribution >= 0.6 is 0 Å². The van der Waals surface area contributed by atoms with Gasteiger partial charge in [0.05, 0.1) is 17.1 Å². The number of nitrogens with two attached hydrogens (primary N) is 1. The van der Waals surface area contributed by atoms with Crippen molar-refractivity contribution >= 4 is 21.4 Å². The average Bonchev–Trinajstić information content (AvgIpc) is 2.54. The third kappa shape index (κ3) is 3.45. The molecule has 0 atom stereocenters. The molecule has 0 spiro atoms. The van der Waals surface area contributed by atoms with E-state index in [-0.39, 0.29) is 18.0 Å². The molecule has 7 nitrogen and oxygen atoms in total. The lowest BCUT2D eigenvalue weighted by atomic mass is 10.3. The Labute approximate surface area is 99.9 Å². The van der Waals surface area contributed by atoms with E-state index in [0.717, 1.165) is 6.26 Å². The quantitative estimate of drug-likeness (QED) is 0.752. The number of carbonyl (C=O) groups excluding carboxylic acids is 1. The number of nitrogens with zero attached hydrogens (tertiary/aromatic N) is 2. The van der Waals surface area contributed by atoms with Gasteiger partial charge in [0.15, 0.2) is 5.69 Å². The van der Waals surface area contributed by atoms with Gasteiger partial charge in [0.1, 0.15) is 9.84 Å². The minimum absolute atomic E-state index is 0.0848. The van der Waals surface area contributed by atoms with Gasteiger partial charge in [-0.05, 0) is 6.92 Å². The monoisotopic (exact) mass is 260 g/mol. The Morgan fingerprint density at radius 1 is 1.53 bits per heavy atom. The Kier molecular flexibility index (Phi) is 3.76. The standard InChI is InChI=1S/C9H16N4O3S/c1-6-7(10)8(12-11-6)9(14)13(2)4-5-17(3,15)16/h4-5,10H2,1-3H3,(H,11,12). The molecule has 1 aromatic heterocycles. The zero-order chi connectivity index (χ0) is 13.2. The molecule has 1 aromatic rings. The first-order valence-electron chi connectivity index (χ1n) is 4.96. The van der Waals surface area contributed by atoms with Crippen LogP contribution in [0.2, 0.25) is 0 Å². The van der Waals surface area contributed by atoms with Crippen molar-refractivity contribution < 1.29 is 13.2 Å².